The third-order valence-corrected chi connectivity index (χ3v) is 6.65. The number of nitrogens with two attached hydrogens (primary N) is 1. The number of sulfonamides is 1. The molecule has 3 heterocycles. The van der Waals surface area contributed by atoms with Crippen LogP contribution in [-0.4, -0.2) is 67.7 Å². The number of carbonyl (C=O) groups is 2. The number of benzene rings is 1. The monoisotopic (exact) mass is 514 g/mol. The normalized spacial score (nSPS) is 20.0. The average Bonchev–Trinajstić information content (AvgIpc) is 3.36. The number of likely N-dealkylation sites (tertiary alicyclic amines) is 2. The van der Waals surface area contributed by atoms with Crippen LogP contribution < -0.4 is 9.88 Å². The molecule has 2 atom stereocenters. The third kappa shape index (κ3) is 6.00. The Kier molecular flexibility index (Phi) is 6.60. The predicted octanol–water partition coefficient (Wildman–Crippen LogP) is 1.97. The number of amides is 2. The van der Waals surface area contributed by atoms with Gasteiger partial charge >= 0.3 is 12.5 Å². The highest BCUT2D eigenvalue weighted by atomic mass is 32.2. The number of carbonyl (C=O) groups excluding carboxylic acids is 2. The highest BCUT2D eigenvalue weighted by Crippen LogP contribution is 2.32. The summed E-state index contributed by atoms with van der Waals surface area (Å²) in [5.74, 6) is -0.543. The van der Waals surface area contributed by atoms with Gasteiger partial charge in [0.15, 0.2) is 5.03 Å². The number of alkyl halides is 3. The van der Waals surface area contributed by atoms with Gasteiger partial charge in [-0.2, -0.15) is 0 Å². The average molecular weight is 514 g/mol. The van der Waals surface area contributed by atoms with Gasteiger partial charge in [-0.25, -0.2) is 23.3 Å². The maximum absolute atomic E-state index is 12.7. The molecule has 0 radical (unpaired) electrons. The van der Waals surface area contributed by atoms with Crippen molar-refractivity contribution in [3.8, 4) is 5.75 Å². The molecule has 2 unspecified atom stereocenters. The zero-order valence-corrected chi connectivity index (χ0v) is 19.0. The fourth-order valence-corrected chi connectivity index (χ4v) is 4.65. The van der Waals surface area contributed by atoms with Gasteiger partial charge in [-0.3, -0.25) is 4.79 Å². The maximum atomic E-state index is 12.7. The predicted molar refractivity (Wildman–Crippen MR) is 113 cm³/mol. The number of aromatic nitrogens is 1. The third-order valence-electron chi connectivity index (χ3n) is 5.83. The molecule has 0 saturated carbocycles. The molecular formula is C21H21F3N4O6S. The number of fused-ring (bicyclic) bond motifs is 1. The number of pyridine rings is 1. The first-order chi connectivity index (χ1) is 16.4. The summed E-state index contributed by atoms with van der Waals surface area (Å²) in [6.45, 7) is 1.53. The smallest absolute Gasteiger partial charge is 0.445 e. The number of hydrogen-bond donors (Lipinski definition) is 1. The molecule has 2 fully saturated rings. The Bertz CT molecular complexity index is 1190. The van der Waals surface area contributed by atoms with E-state index in [1.54, 1.807) is 9.80 Å². The van der Waals surface area contributed by atoms with Crippen LogP contribution in [-0.2, 0) is 21.4 Å². The number of nitrogens with zero attached hydrogens (tertiary/aromatic N) is 3. The van der Waals surface area contributed by atoms with Gasteiger partial charge in [-0.1, -0.05) is 12.1 Å². The second-order valence-corrected chi connectivity index (χ2v) is 9.82. The van der Waals surface area contributed by atoms with E-state index in [9.17, 15) is 31.2 Å². The van der Waals surface area contributed by atoms with E-state index in [2.05, 4.69) is 9.72 Å². The molecular weight excluding hydrogens is 493 g/mol. The van der Waals surface area contributed by atoms with Gasteiger partial charge in [0.1, 0.15) is 12.4 Å². The topological polar surface area (TPSA) is 132 Å². The van der Waals surface area contributed by atoms with Crippen LogP contribution in [0.5, 0.6) is 5.75 Å². The standard InChI is InChI=1S/C21H21F3N4O6S/c22-21(23,24)34-17-4-1-13(2-5-17)12-33-20(30)28-10-15-8-27(9-16(15)11-28)19(29)14-3-6-18(26-7-14)35(25,31)32/h1-7,15-16H,8-12H2,(H2,25,31,32). The number of hydrogen-bond acceptors (Lipinski definition) is 7. The van der Waals surface area contributed by atoms with Crippen LogP contribution in [0.25, 0.3) is 0 Å². The quantitative estimate of drug-likeness (QED) is 0.645. The van der Waals surface area contributed by atoms with Crippen LogP contribution in [0.3, 0.4) is 0 Å². The summed E-state index contributed by atoms with van der Waals surface area (Å²) in [6.07, 6.45) is -4.16. The minimum atomic E-state index is -4.78. The van der Waals surface area contributed by atoms with Gasteiger partial charge in [0.05, 0.1) is 5.56 Å². The lowest BCUT2D eigenvalue weighted by Gasteiger charge is -2.21. The van der Waals surface area contributed by atoms with Crippen LogP contribution in [0.4, 0.5) is 18.0 Å². The zero-order valence-electron chi connectivity index (χ0n) is 18.1. The van der Waals surface area contributed by atoms with E-state index < -0.39 is 22.5 Å². The van der Waals surface area contributed by atoms with E-state index >= 15 is 0 Å². The molecule has 14 heteroatoms. The molecule has 1 aromatic heterocycles. The SMILES string of the molecule is NS(=O)(=O)c1ccc(C(=O)N2CC3CN(C(=O)OCc4ccc(OC(F)(F)F)cc4)CC3C2)cn1. The van der Waals surface area contributed by atoms with Crippen molar-refractivity contribution in [1.82, 2.24) is 14.8 Å². The van der Waals surface area contributed by atoms with Crippen LogP contribution in [0, 0.1) is 11.8 Å². The lowest BCUT2D eigenvalue weighted by Crippen LogP contribution is -2.36. The van der Waals surface area contributed by atoms with Gasteiger partial charge in [-0.05, 0) is 29.8 Å². The fraction of sp³-hybridized carbons (Fsp3) is 0.381. The minimum Gasteiger partial charge on any atom is -0.445 e. The molecule has 2 aliphatic rings. The zero-order chi connectivity index (χ0) is 25.4. The summed E-state index contributed by atoms with van der Waals surface area (Å²) >= 11 is 0. The highest BCUT2D eigenvalue weighted by Gasteiger charge is 2.43. The molecule has 2 N–H and O–H groups in total. The summed E-state index contributed by atoms with van der Waals surface area (Å²) in [4.78, 5) is 32.1. The molecule has 1 aromatic carbocycles. The largest absolute Gasteiger partial charge is 0.573 e. The van der Waals surface area contributed by atoms with Crippen LogP contribution in [0.1, 0.15) is 15.9 Å². The van der Waals surface area contributed by atoms with E-state index in [1.165, 1.54) is 30.5 Å². The lowest BCUT2D eigenvalue weighted by molar-refractivity contribution is -0.274. The van der Waals surface area contributed by atoms with Crippen molar-refractivity contribution in [2.24, 2.45) is 17.0 Å². The van der Waals surface area contributed by atoms with Gasteiger partial charge in [-0.15, -0.1) is 13.2 Å². The summed E-state index contributed by atoms with van der Waals surface area (Å²) < 4.78 is 68.4. The first kappa shape index (κ1) is 24.7. The second kappa shape index (κ2) is 9.34. The van der Waals surface area contributed by atoms with Crippen molar-refractivity contribution >= 4 is 22.0 Å². The van der Waals surface area contributed by atoms with Crippen molar-refractivity contribution in [3.05, 3.63) is 53.7 Å². The molecule has 4 rings (SSSR count). The fourth-order valence-electron chi connectivity index (χ4n) is 4.19. The van der Waals surface area contributed by atoms with E-state index in [1.807, 2.05) is 0 Å². The van der Waals surface area contributed by atoms with Crippen molar-refractivity contribution in [1.29, 1.82) is 0 Å². The molecule has 188 valence electrons. The molecule has 2 saturated heterocycles. The summed E-state index contributed by atoms with van der Waals surface area (Å²) in [6, 6.07) is 7.56. The van der Waals surface area contributed by atoms with Crippen molar-refractivity contribution < 1.29 is 40.7 Å². The van der Waals surface area contributed by atoms with Crippen molar-refractivity contribution in [3.63, 3.8) is 0 Å². The van der Waals surface area contributed by atoms with Crippen LogP contribution in [0.15, 0.2) is 47.6 Å². The first-order valence-corrected chi connectivity index (χ1v) is 12.0. The van der Waals surface area contributed by atoms with E-state index in [0.29, 0.717) is 31.7 Å². The summed E-state index contributed by atoms with van der Waals surface area (Å²) in [7, 11) is -3.95. The number of rotatable bonds is 5. The number of primary sulfonamides is 1. The summed E-state index contributed by atoms with van der Waals surface area (Å²) in [5, 5.41) is 4.69. The molecule has 2 amide bonds. The van der Waals surface area contributed by atoms with E-state index in [0.717, 1.165) is 12.1 Å². The van der Waals surface area contributed by atoms with E-state index in [-0.39, 0.29) is 40.7 Å². The Balaban J connectivity index is 1.26. The Labute approximate surface area is 198 Å². The highest BCUT2D eigenvalue weighted by molar-refractivity contribution is 7.89. The van der Waals surface area contributed by atoms with Crippen LogP contribution in [0.2, 0.25) is 0 Å². The summed E-state index contributed by atoms with van der Waals surface area (Å²) in [5.41, 5.74) is 0.742. The molecule has 0 bridgehead atoms. The van der Waals surface area contributed by atoms with Crippen molar-refractivity contribution in [2.75, 3.05) is 26.2 Å². The molecule has 35 heavy (non-hydrogen) atoms. The Morgan fingerprint density at radius 3 is 2.11 bits per heavy atom. The number of halogens is 3. The molecule has 0 aliphatic carbocycles. The minimum absolute atomic E-state index is 0.0574. The maximum Gasteiger partial charge on any atom is 0.573 e. The van der Waals surface area contributed by atoms with Gasteiger partial charge in [0.25, 0.3) is 15.9 Å². The Morgan fingerprint density at radius 1 is 1.00 bits per heavy atom. The van der Waals surface area contributed by atoms with Crippen molar-refractivity contribution in [2.45, 2.75) is 18.0 Å². The Morgan fingerprint density at radius 2 is 1.60 bits per heavy atom. The molecule has 0 spiro atoms. The number of ether oxygens (including phenoxy) is 2. The molecule has 2 aromatic rings. The van der Waals surface area contributed by atoms with Crippen LogP contribution >= 0.6 is 0 Å². The Hall–Kier alpha value is -3.39. The van der Waals surface area contributed by atoms with Gasteiger partial charge in [0, 0.05) is 44.2 Å². The van der Waals surface area contributed by atoms with Gasteiger partial charge < -0.3 is 19.3 Å². The lowest BCUT2D eigenvalue weighted by atomic mass is 10.0. The molecule has 10 nitrogen and oxygen atoms in total. The second-order valence-electron chi connectivity index (χ2n) is 8.31. The molecule has 2 aliphatic heterocycles. The van der Waals surface area contributed by atoms with Gasteiger partial charge in [0.2, 0.25) is 0 Å². The van der Waals surface area contributed by atoms with E-state index in [4.69, 9.17) is 9.88 Å². The first-order valence-electron chi connectivity index (χ1n) is 10.4.